The van der Waals surface area contributed by atoms with E-state index >= 15 is 0 Å². The number of halogens is 1. The molecule has 7 heteroatoms. The minimum Gasteiger partial charge on any atom is -0.378 e. The van der Waals surface area contributed by atoms with Crippen molar-refractivity contribution in [2.75, 3.05) is 36.2 Å². The van der Waals surface area contributed by atoms with Crippen LogP contribution in [0.5, 0.6) is 0 Å². The summed E-state index contributed by atoms with van der Waals surface area (Å²) in [6.45, 7) is 3.20. The van der Waals surface area contributed by atoms with Gasteiger partial charge in [0.1, 0.15) is 5.57 Å². The fraction of sp³-hybridized carbons (Fsp3) is 0.200. The molecule has 2 amide bonds. The molecule has 0 unspecified atom stereocenters. The molecule has 1 N–H and O–H groups in total. The predicted molar refractivity (Wildman–Crippen MR) is 112 cm³/mol. The Morgan fingerprint density at radius 1 is 0.926 bits per heavy atom. The third kappa shape index (κ3) is 3.84. The molecule has 2 fully saturated rings. The maximum Gasteiger partial charge on any atom is 0.282 e. The molecule has 2 heterocycles. The van der Waals surface area contributed by atoms with Gasteiger partial charge in [-0.1, -0.05) is 12.1 Å². The molecule has 2 aliphatic rings. The first kappa shape index (κ1) is 18.0. The molecule has 0 radical (unpaired) electrons. The monoisotopic (exact) mass is 475 g/mol. The molecule has 2 aromatic carbocycles. The average Bonchev–Trinajstić information content (AvgIpc) is 2.98. The van der Waals surface area contributed by atoms with Gasteiger partial charge in [-0.25, -0.2) is 5.01 Å². The third-order valence-electron chi connectivity index (χ3n) is 4.56. The number of carbonyl (C=O) groups is 2. The first-order valence-electron chi connectivity index (χ1n) is 8.67. The Morgan fingerprint density at radius 3 is 2.22 bits per heavy atom. The highest BCUT2D eigenvalue weighted by molar-refractivity contribution is 14.1. The number of morpholine rings is 1. The number of rotatable bonds is 3. The van der Waals surface area contributed by atoms with Crippen molar-refractivity contribution < 1.29 is 14.3 Å². The second kappa shape index (κ2) is 7.69. The van der Waals surface area contributed by atoms with Gasteiger partial charge in [0.15, 0.2) is 0 Å². The molecule has 138 valence electrons. The minimum absolute atomic E-state index is 0.132. The van der Waals surface area contributed by atoms with Gasteiger partial charge >= 0.3 is 0 Å². The number of carbonyl (C=O) groups excluding carboxylic acids is 2. The van der Waals surface area contributed by atoms with E-state index in [2.05, 4.69) is 32.9 Å². The summed E-state index contributed by atoms with van der Waals surface area (Å²) in [5, 5.41) is 1.28. The molecule has 0 aliphatic carbocycles. The fourth-order valence-electron chi connectivity index (χ4n) is 3.10. The number of nitrogens with one attached hydrogen (secondary N) is 1. The van der Waals surface area contributed by atoms with Crippen molar-refractivity contribution in [1.82, 2.24) is 5.43 Å². The molecule has 0 spiro atoms. The third-order valence-corrected chi connectivity index (χ3v) is 5.28. The maximum absolute atomic E-state index is 12.7. The second-order valence-electron chi connectivity index (χ2n) is 6.31. The van der Waals surface area contributed by atoms with Crippen molar-refractivity contribution >= 4 is 51.9 Å². The molecule has 0 atom stereocenters. The smallest absolute Gasteiger partial charge is 0.282 e. The lowest BCUT2D eigenvalue weighted by atomic mass is 10.1. The van der Waals surface area contributed by atoms with Gasteiger partial charge in [0.2, 0.25) is 0 Å². The number of hydrogen-bond donors (Lipinski definition) is 1. The number of nitrogens with zero attached hydrogens (tertiary/aromatic N) is 2. The lowest BCUT2D eigenvalue weighted by Crippen LogP contribution is -2.36. The number of amides is 2. The summed E-state index contributed by atoms with van der Waals surface area (Å²) in [7, 11) is 0. The molecule has 0 saturated carbocycles. The summed E-state index contributed by atoms with van der Waals surface area (Å²) in [6.07, 6.45) is 1.63. The molecule has 2 aromatic rings. The molecule has 27 heavy (non-hydrogen) atoms. The van der Waals surface area contributed by atoms with Crippen LogP contribution < -0.4 is 15.3 Å². The Morgan fingerprint density at radius 2 is 1.56 bits per heavy atom. The zero-order valence-corrected chi connectivity index (χ0v) is 16.7. The molecule has 2 saturated heterocycles. The minimum atomic E-state index is -0.393. The van der Waals surface area contributed by atoms with Crippen molar-refractivity contribution in [1.29, 1.82) is 0 Å². The molecular weight excluding hydrogens is 457 g/mol. The van der Waals surface area contributed by atoms with Crippen LogP contribution in [0.3, 0.4) is 0 Å². The van der Waals surface area contributed by atoms with Crippen LogP contribution >= 0.6 is 22.6 Å². The molecular formula is C20H18IN3O3. The predicted octanol–water partition coefficient (Wildman–Crippen LogP) is 2.59. The lowest BCUT2D eigenvalue weighted by molar-refractivity contribution is -0.117. The molecule has 2 aliphatic heterocycles. The summed E-state index contributed by atoms with van der Waals surface area (Å²) in [5.41, 5.74) is 5.32. The maximum atomic E-state index is 12.7. The van der Waals surface area contributed by atoms with Crippen molar-refractivity contribution in [3.63, 3.8) is 0 Å². The van der Waals surface area contributed by atoms with E-state index in [0.29, 0.717) is 5.69 Å². The zero-order chi connectivity index (χ0) is 18.8. The van der Waals surface area contributed by atoms with Gasteiger partial charge in [0.25, 0.3) is 11.8 Å². The molecule has 0 aromatic heterocycles. The Labute approximate surface area is 170 Å². The van der Waals surface area contributed by atoms with Gasteiger partial charge in [0, 0.05) is 22.3 Å². The van der Waals surface area contributed by atoms with Gasteiger partial charge in [0.05, 0.1) is 18.9 Å². The number of benzene rings is 2. The number of anilines is 2. The molecule has 6 nitrogen and oxygen atoms in total. The van der Waals surface area contributed by atoms with Crippen molar-refractivity contribution in [3.05, 3.63) is 63.2 Å². The van der Waals surface area contributed by atoms with Crippen LogP contribution in [-0.4, -0.2) is 38.1 Å². The lowest BCUT2D eigenvalue weighted by Gasteiger charge is -2.28. The molecule has 0 bridgehead atoms. The van der Waals surface area contributed by atoms with Gasteiger partial charge in [-0.05, 0) is 70.6 Å². The Bertz CT molecular complexity index is 888. The first-order valence-corrected chi connectivity index (χ1v) is 9.75. The van der Waals surface area contributed by atoms with E-state index in [1.807, 2.05) is 36.4 Å². The largest absolute Gasteiger partial charge is 0.378 e. The fourth-order valence-corrected chi connectivity index (χ4v) is 3.46. The highest BCUT2D eigenvalue weighted by Gasteiger charge is 2.34. The number of ether oxygens (including phenoxy) is 1. The summed E-state index contributed by atoms with van der Waals surface area (Å²) >= 11 is 2.19. The van der Waals surface area contributed by atoms with Crippen LogP contribution in [0.25, 0.3) is 6.08 Å². The van der Waals surface area contributed by atoms with Crippen LogP contribution in [0.15, 0.2) is 54.1 Å². The van der Waals surface area contributed by atoms with E-state index in [0.717, 1.165) is 41.1 Å². The van der Waals surface area contributed by atoms with Gasteiger partial charge < -0.3 is 9.64 Å². The average molecular weight is 475 g/mol. The summed E-state index contributed by atoms with van der Waals surface area (Å²) in [5.74, 6) is -0.741. The van der Waals surface area contributed by atoms with E-state index in [1.165, 1.54) is 5.01 Å². The number of hydrazine groups is 1. The summed E-state index contributed by atoms with van der Waals surface area (Å²) < 4.78 is 6.43. The van der Waals surface area contributed by atoms with Crippen LogP contribution in [0.2, 0.25) is 0 Å². The Kier molecular flexibility index (Phi) is 5.13. The number of hydrogen-bond acceptors (Lipinski definition) is 4. The van der Waals surface area contributed by atoms with E-state index in [1.54, 1.807) is 18.2 Å². The van der Waals surface area contributed by atoms with Crippen LogP contribution in [0.1, 0.15) is 5.56 Å². The van der Waals surface area contributed by atoms with Crippen molar-refractivity contribution in [2.24, 2.45) is 0 Å². The van der Waals surface area contributed by atoms with E-state index in [-0.39, 0.29) is 11.5 Å². The van der Waals surface area contributed by atoms with Crippen LogP contribution in [0.4, 0.5) is 11.4 Å². The standard InChI is InChI=1S/C20H18IN3O3/c21-15-3-7-17(8-4-15)24-20(26)18(19(25)22-24)13-14-1-5-16(6-2-14)23-9-11-27-12-10-23/h1-8,13H,9-12H2,(H,22,25)/b18-13-. The van der Waals surface area contributed by atoms with Crippen molar-refractivity contribution in [3.8, 4) is 0 Å². The summed E-state index contributed by atoms with van der Waals surface area (Å²) in [4.78, 5) is 27.2. The zero-order valence-electron chi connectivity index (χ0n) is 14.5. The second-order valence-corrected chi connectivity index (χ2v) is 7.55. The van der Waals surface area contributed by atoms with E-state index in [9.17, 15) is 9.59 Å². The van der Waals surface area contributed by atoms with Crippen LogP contribution in [-0.2, 0) is 14.3 Å². The Balaban J connectivity index is 1.53. The Hall–Kier alpha value is -2.39. The summed E-state index contributed by atoms with van der Waals surface area (Å²) in [6, 6.07) is 15.2. The quantitative estimate of drug-likeness (QED) is 0.422. The SMILES string of the molecule is O=C1NN(c2ccc(I)cc2)C(=O)/C1=C\c1ccc(N2CCOCC2)cc1. The van der Waals surface area contributed by atoms with E-state index < -0.39 is 5.91 Å². The van der Waals surface area contributed by atoms with Gasteiger partial charge in [-0.15, -0.1) is 0 Å². The van der Waals surface area contributed by atoms with Crippen LogP contribution in [0, 0.1) is 3.57 Å². The first-order chi connectivity index (χ1) is 13.1. The topological polar surface area (TPSA) is 61.9 Å². The van der Waals surface area contributed by atoms with Gasteiger partial charge in [-0.3, -0.25) is 15.0 Å². The highest BCUT2D eigenvalue weighted by Crippen LogP contribution is 2.23. The molecule has 4 rings (SSSR count). The van der Waals surface area contributed by atoms with Crippen molar-refractivity contribution in [2.45, 2.75) is 0 Å². The van der Waals surface area contributed by atoms with Gasteiger partial charge in [-0.2, -0.15) is 0 Å². The van der Waals surface area contributed by atoms with E-state index in [4.69, 9.17) is 4.74 Å². The highest BCUT2D eigenvalue weighted by atomic mass is 127. The normalized spacial score (nSPS) is 18.9.